The molecule has 0 fully saturated rings. The van der Waals surface area contributed by atoms with E-state index in [9.17, 15) is 4.79 Å². The number of allylic oxidation sites excluding steroid dienone is 2. The summed E-state index contributed by atoms with van der Waals surface area (Å²) in [6.45, 7) is 3.75. The summed E-state index contributed by atoms with van der Waals surface area (Å²) in [6, 6.07) is 3.79. The smallest absolute Gasteiger partial charge is 0.150 e. The first-order valence-electron chi connectivity index (χ1n) is 3.82. The van der Waals surface area contributed by atoms with Crippen molar-refractivity contribution >= 4 is 11.9 Å². The monoisotopic (exact) mass is 161 g/mol. The molecule has 0 unspecified atom stereocenters. The first-order chi connectivity index (χ1) is 5.77. The average molecular weight is 161 g/mol. The van der Waals surface area contributed by atoms with E-state index >= 15 is 0 Å². The van der Waals surface area contributed by atoms with Crippen molar-refractivity contribution in [2.24, 2.45) is 0 Å². The van der Waals surface area contributed by atoms with Crippen LogP contribution in [0, 0.1) is 6.92 Å². The van der Waals surface area contributed by atoms with Crippen molar-refractivity contribution in [1.82, 2.24) is 4.98 Å². The minimum atomic E-state index is 0.683. The maximum Gasteiger partial charge on any atom is 0.150 e. The Hall–Kier alpha value is -1.44. The number of rotatable bonds is 2. The third-order valence-corrected chi connectivity index (χ3v) is 1.68. The number of carbonyl (C=O) groups excluding carboxylic acids is 1. The Kier molecular flexibility index (Phi) is 2.75. The molecule has 0 aliphatic heterocycles. The highest BCUT2D eigenvalue weighted by Crippen LogP contribution is 2.10. The normalized spacial score (nSPS) is 11.3. The first kappa shape index (κ1) is 8.65. The minimum absolute atomic E-state index is 0.683. The number of aldehydes is 1. The Labute approximate surface area is 71.9 Å². The number of nitrogens with zero attached hydrogens (tertiary/aromatic N) is 1. The van der Waals surface area contributed by atoms with Gasteiger partial charge in [-0.3, -0.25) is 9.78 Å². The SMILES string of the molecule is C/C=C(/C=O)c1ccc(C)nc1. The van der Waals surface area contributed by atoms with Gasteiger partial charge in [-0.2, -0.15) is 0 Å². The van der Waals surface area contributed by atoms with Crippen molar-refractivity contribution in [3.63, 3.8) is 0 Å². The summed E-state index contributed by atoms with van der Waals surface area (Å²) in [6.07, 6.45) is 4.32. The van der Waals surface area contributed by atoms with Crippen LogP contribution < -0.4 is 0 Å². The summed E-state index contributed by atoms with van der Waals surface area (Å²) < 4.78 is 0. The van der Waals surface area contributed by atoms with Crippen LogP contribution in [0.25, 0.3) is 5.57 Å². The van der Waals surface area contributed by atoms with E-state index in [0.717, 1.165) is 17.5 Å². The highest BCUT2D eigenvalue weighted by Gasteiger charge is 1.97. The Morgan fingerprint density at radius 2 is 2.25 bits per heavy atom. The lowest BCUT2D eigenvalue weighted by Crippen LogP contribution is -1.87. The molecule has 0 spiro atoms. The van der Waals surface area contributed by atoms with E-state index in [1.807, 2.05) is 26.0 Å². The summed E-state index contributed by atoms with van der Waals surface area (Å²) in [4.78, 5) is 14.6. The molecule has 0 saturated carbocycles. The second kappa shape index (κ2) is 3.81. The van der Waals surface area contributed by atoms with E-state index in [-0.39, 0.29) is 0 Å². The van der Waals surface area contributed by atoms with Gasteiger partial charge in [-0.1, -0.05) is 12.1 Å². The van der Waals surface area contributed by atoms with E-state index in [4.69, 9.17) is 0 Å². The number of hydrogen-bond donors (Lipinski definition) is 0. The van der Waals surface area contributed by atoms with Gasteiger partial charge in [-0.25, -0.2) is 0 Å². The van der Waals surface area contributed by atoms with Crippen molar-refractivity contribution in [2.45, 2.75) is 13.8 Å². The molecule has 1 heterocycles. The quantitative estimate of drug-likeness (QED) is 0.490. The molecule has 1 aromatic rings. The van der Waals surface area contributed by atoms with E-state index in [1.165, 1.54) is 0 Å². The van der Waals surface area contributed by atoms with Crippen LogP contribution in [-0.4, -0.2) is 11.3 Å². The second-order valence-electron chi connectivity index (χ2n) is 2.55. The molecule has 0 aliphatic rings. The number of aryl methyl sites for hydroxylation is 1. The van der Waals surface area contributed by atoms with Crippen LogP contribution in [0.5, 0.6) is 0 Å². The van der Waals surface area contributed by atoms with Gasteiger partial charge < -0.3 is 0 Å². The third-order valence-electron chi connectivity index (χ3n) is 1.68. The standard InChI is InChI=1S/C10H11NO/c1-3-9(7-12)10-5-4-8(2)11-6-10/h3-7H,1-2H3/b9-3-. The first-order valence-corrected chi connectivity index (χ1v) is 3.82. The molecule has 0 radical (unpaired) electrons. The fraction of sp³-hybridized carbons (Fsp3) is 0.200. The zero-order valence-electron chi connectivity index (χ0n) is 7.24. The van der Waals surface area contributed by atoms with Gasteiger partial charge in [0.05, 0.1) is 0 Å². The van der Waals surface area contributed by atoms with Crippen molar-refractivity contribution in [2.75, 3.05) is 0 Å². The van der Waals surface area contributed by atoms with Crippen molar-refractivity contribution in [1.29, 1.82) is 0 Å². The molecule has 0 amide bonds. The van der Waals surface area contributed by atoms with E-state index in [2.05, 4.69) is 4.98 Å². The highest BCUT2D eigenvalue weighted by molar-refractivity contribution is 6.06. The lowest BCUT2D eigenvalue weighted by Gasteiger charge is -1.98. The lowest BCUT2D eigenvalue weighted by atomic mass is 10.1. The van der Waals surface area contributed by atoms with Crippen LogP contribution in [0.2, 0.25) is 0 Å². The lowest BCUT2D eigenvalue weighted by molar-refractivity contribution is -0.103. The third kappa shape index (κ3) is 1.78. The minimum Gasteiger partial charge on any atom is -0.298 e. The maximum atomic E-state index is 10.5. The Balaban J connectivity index is 3.04. The fourth-order valence-electron chi connectivity index (χ4n) is 0.941. The zero-order chi connectivity index (χ0) is 8.97. The molecule has 12 heavy (non-hydrogen) atoms. The molecule has 0 atom stereocenters. The topological polar surface area (TPSA) is 30.0 Å². The molecule has 62 valence electrons. The summed E-state index contributed by atoms with van der Waals surface area (Å²) in [5.74, 6) is 0. The predicted molar refractivity (Wildman–Crippen MR) is 48.7 cm³/mol. The molecule has 1 aromatic heterocycles. The van der Waals surface area contributed by atoms with Crippen molar-refractivity contribution in [3.8, 4) is 0 Å². The van der Waals surface area contributed by atoms with Crippen molar-refractivity contribution in [3.05, 3.63) is 35.7 Å². The molecule has 2 nitrogen and oxygen atoms in total. The molecule has 0 bridgehead atoms. The molecule has 1 rings (SSSR count). The van der Waals surface area contributed by atoms with Crippen LogP contribution >= 0.6 is 0 Å². The molecule has 2 heteroatoms. The van der Waals surface area contributed by atoms with Crippen LogP contribution in [0.4, 0.5) is 0 Å². The van der Waals surface area contributed by atoms with Gasteiger partial charge in [0.1, 0.15) is 6.29 Å². The fourth-order valence-corrected chi connectivity index (χ4v) is 0.941. The van der Waals surface area contributed by atoms with Gasteiger partial charge >= 0.3 is 0 Å². The maximum absolute atomic E-state index is 10.5. The number of hydrogen-bond acceptors (Lipinski definition) is 2. The Morgan fingerprint density at radius 1 is 1.50 bits per heavy atom. The van der Waals surface area contributed by atoms with E-state index in [0.29, 0.717) is 5.57 Å². The van der Waals surface area contributed by atoms with Crippen LogP contribution in [-0.2, 0) is 4.79 Å². The summed E-state index contributed by atoms with van der Waals surface area (Å²) in [7, 11) is 0. The molecule has 0 aromatic carbocycles. The van der Waals surface area contributed by atoms with Crippen LogP contribution in [0.1, 0.15) is 18.2 Å². The molecular formula is C10H11NO. The van der Waals surface area contributed by atoms with Gasteiger partial charge in [0, 0.05) is 23.0 Å². The second-order valence-corrected chi connectivity index (χ2v) is 2.55. The predicted octanol–water partition coefficient (Wildman–Crippen LogP) is 1.99. The van der Waals surface area contributed by atoms with E-state index in [1.54, 1.807) is 12.3 Å². The zero-order valence-corrected chi connectivity index (χ0v) is 7.24. The number of pyridine rings is 1. The summed E-state index contributed by atoms with van der Waals surface area (Å²) >= 11 is 0. The van der Waals surface area contributed by atoms with Crippen LogP contribution in [0.15, 0.2) is 24.4 Å². The number of carbonyl (C=O) groups is 1. The van der Waals surface area contributed by atoms with Gasteiger partial charge in [-0.05, 0) is 19.9 Å². The van der Waals surface area contributed by atoms with Gasteiger partial charge in [-0.15, -0.1) is 0 Å². The van der Waals surface area contributed by atoms with Gasteiger partial charge in [0.25, 0.3) is 0 Å². The van der Waals surface area contributed by atoms with E-state index < -0.39 is 0 Å². The average Bonchev–Trinajstić information content (AvgIpc) is 2.10. The summed E-state index contributed by atoms with van der Waals surface area (Å²) in [5, 5.41) is 0. The highest BCUT2D eigenvalue weighted by atomic mass is 16.1. The summed E-state index contributed by atoms with van der Waals surface area (Å²) in [5.41, 5.74) is 2.51. The van der Waals surface area contributed by atoms with Crippen LogP contribution in [0.3, 0.4) is 0 Å². The molecule has 0 saturated heterocycles. The molecule has 0 aliphatic carbocycles. The molecule has 0 N–H and O–H groups in total. The van der Waals surface area contributed by atoms with Gasteiger partial charge in [0.2, 0.25) is 0 Å². The number of aromatic nitrogens is 1. The van der Waals surface area contributed by atoms with Crippen molar-refractivity contribution < 1.29 is 4.79 Å². The Bertz CT molecular complexity index is 298. The largest absolute Gasteiger partial charge is 0.298 e. The van der Waals surface area contributed by atoms with Gasteiger partial charge in [0.15, 0.2) is 0 Å². The molecular weight excluding hydrogens is 150 g/mol. The Morgan fingerprint density at radius 3 is 2.67 bits per heavy atom.